The number of anilines is 2. The Morgan fingerprint density at radius 1 is 1.00 bits per heavy atom. The van der Waals surface area contributed by atoms with Gasteiger partial charge < -0.3 is 10.6 Å². The highest BCUT2D eigenvalue weighted by atomic mass is 32.2. The van der Waals surface area contributed by atoms with Crippen molar-refractivity contribution in [3.8, 4) is 0 Å². The first-order valence-corrected chi connectivity index (χ1v) is 13.8. The summed E-state index contributed by atoms with van der Waals surface area (Å²) in [7, 11) is 0. The second-order valence-corrected chi connectivity index (χ2v) is 10.4. The van der Waals surface area contributed by atoms with E-state index in [1.165, 1.54) is 28.8 Å². The number of amidine groups is 1. The highest BCUT2D eigenvalue weighted by Crippen LogP contribution is 2.42. The van der Waals surface area contributed by atoms with E-state index in [9.17, 15) is 18.8 Å². The molecule has 2 atom stereocenters. The molecule has 2 heterocycles. The first-order valence-electron chi connectivity index (χ1n) is 12.9. The number of nitrogens with one attached hydrogen (secondary N) is 2. The maximum absolute atomic E-state index is 13.8. The van der Waals surface area contributed by atoms with E-state index in [4.69, 9.17) is 0 Å². The van der Waals surface area contributed by atoms with E-state index in [1.807, 2.05) is 30.3 Å². The number of benzene rings is 3. The third kappa shape index (κ3) is 6.85. The predicted molar refractivity (Wildman–Crippen MR) is 158 cm³/mol. The molecule has 0 saturated carbocycles. The second-order valence-electron chi connectivity index (χ2n) is 9.30. The lowest BCUT2D eigenvalue weighted by molar-refractivity contribution is -0.125. The van der Waals surface area contributed by atoms with Gasteiger partial charge in [0.1, 0.15) is 22.9 Å². The van der Waals surface area contributed by atoms with Crippen LogP contribution in [0.2, 0.25) is 0 Å². The van der Waals surface area contributed by atoms with Gasteiger partial charge in [0.2, 0.25) is 11.8 Å². The fourth-order valence-electron chi connectivity index (χ4n) is 4.19. The Bertz CT molecular complexity index is 1580. The van der Waals surface area contributed by atoms with Gasteiger partial charge in [-0.2, -0.15) is 0 Å². The zero-order chi connectivity index (χ0) is 28.8. The Morgan fingerprint density at radius 3 is 2.46 bits per heavy atom. The monoisotopic (exact) mass is 567 g/mol. The van der Waals surface area contributed by atoms with Crippen molar-refractivity contribution < 1.29 is 18.8 Å². The maximum Gasteiger partial charge on any atom is 0.252 e. The Kier molecular flexibility index (Phi) is 8.50. The first-order chi connectivity index (χ1) is 19.9. The number of aromatic nitrogens is 1. The zero-order valence-corrected chi connectivity index (χ0v) is 22.8. The summed E-state index contributed by atoms with van der Waals surface area (Å²) in [6, 6.07) is 26.5. The highest BCUT2D eigenvalue weighted by Gasteiger charge is 2.40. The normalized spacial score (nSPS) is 16.4. The topological polar surface area (TPSA) is 104 Å². The van der Waals surface area contributed by atoms with E-state index in [1.54, 1.807) is 67.7 Å². The summed E-state index contributed by atoms with van der Waals surface area (Å²) < 4.78 is 13.8. The molecule has 1 saturated heterocycles. The number of rotatable bonds is 8. The third-order valence-corrected chi connectivity index (χ3v) is 7.42. The van der Waals surface area contributed by atoms with Crippen molar-refractivity contribution in [2.45, 2.75) is 24.6 Å². The van der Waals surface area contributed by atoms with Crippen LogP contribution in [0.1, 0.15) is 23.3 Å². The van der Waals surface area contributed by atoms with Crippen molar-refractivity contribution in [2.75, 3.05) is 10.2 Å². The second kappa shape index (κ2) is 12.6. The molecule has 5 rings (SSSR count). The summed E-state index contributed by atoms with van der Waals surface area (Å²) >= 11 is 1.24. The minimum Gasteiger partial charge on any atom is -0.344 e. The molecule has 2 N–H and O–H groups in total. The van der Waals surface area contributed by atoms with E-state index in [-0.39, 0.29) is 24.1 Å². The van der Waals surface area contributed by atoms with Crippen molar-refractivity contribution in [3.05, 3.63) is 120 Å². The van der Waals surface area contributed by atoms with Crippen LogP contribution in [0, 0.1) is 5.82 Å². The highest BCUT2D eigenvalue weighted by molar-refractivity contribution is 8.15. The molecule has 1 aromatic heterocycles. The Hall–Kier alpha value is -4.83. The maximum atomic E-state index is 13.8. The van der Waals surface area contributed by atoms with Crippen LogP contribution < -0.4 is 15.5 Å². The van der Waals surface area contributed by atoms with Gasteiger partial charge in [0.25, 0.3) is 5.91 Å². The molecule has 1 aliphatic rings. The minimum atomic E-state index is -0.744. The molecule has 41 heavy (non-hydrogen) atoms. The molecule has 0 aliphatic carbocycles. The Labute approximate surface area is 240 Å². The Morgan fingerprint density at radius 2 is 1.76 bits per heavy atom. The number of hydrogen-bond donors (Lipinski definition) is 2. The summed E-state index contributed by atoms with van der Waals surface area (Å²) in [5.41, 5.74) is 2.46. The third-order valence-electron chi connectivity index (χ3n) is 6.23. The molecule has 3 aromatic carbocycles. The number of thioether (sulfide) groups is 1. The molecule has 10 heteroatoms. The summed E-state index contributed by atoms with van der Waals surface area (Å²) in [5.74, 6) is -0.870. The number of halogens is 1. The van der Waals surface area contributed by atoms with Crippen molar-refractivity contribution in [3.63, 3.8) is 0 Å². The molecule has 4 aromatic rings. The van der Waals surface area contributed by atoms with Gasteiger partial charge in [-0.15, -0.1) is 0 Å². The molecule has 0 bridgehead atoms. The lowest BCUT2D eigenvalue weighted by Crippen LogP contribution is -2.42. The van der Waals surface area contributed by atoms with Crippen LogP contribution in [0.15, 0.2) is 108 Å². The number of nitrogens with zero attached hydrogens (tertiary/aromatic N) is 3. The molecule has 3 amide bonds. The molecule has 8 nitrogen and oxygen atoms in total. The molecule has 0 radical (unpaired) electrons. The fourth-order valence-corrected chi connectivity index (χ4v) is 5.35. The number of hydrogen-bond acceptors (Lipinski definition) is 6. The van der Waals surface area contributed by atoms with Crippen LogP contribution in [-0.2, 0) is 20.8 Å². The average Bonchev–Trinajstić information content (AvgIpc) is 3.29. The zero-order valence-electron chi connectivity index (χ0n) is 22.0. The van der Waals surface area contributed by atoms with Crippen LogP contribution >= 0.6 is 11.8 Å². The quantitative estimate of drug-likeness (QED) is 0.296. The molecular weight excluding hydrogens is 541 g/mol. The number of amides is 3. The van der Waals surface area contributed by atoms with Gasteiger partial charge in [-0.05, 0) is 60.5 Å². The van der Waals surface area contributed by atoms with Crippen molar-refractivity contribution in [1.29, 1.82) is 0 Å². The Balaban J connectivity index is 1.27. The molecule has 1 unspecified atom stereocenters. The van der Waals surface area contributed by atoms with Crippen molar-refractivity contribution in [1.82, 2.24) is 10.3 Å². The van der Waals surface area contributed by atoms with Gasteiger partial charge in [-0.3, -0.25) is 14.4 Å². The van der Waals surface area contributed by atoms with Crippen molar-refractivity contribution in [2.24, 2.45) is 4.99 Å². The predicted octanol–water partition coefficient (Wildman–Crippen LogP) is 5.42. The summed E-state index contributed by atoms with van der Waals surface area (Å²) in [6.45, 7) is 1.62. The number of carbonyl (C=O) groups is 3. The van der Waals surface area contributed by atoms with Crippen molar-refractivity contribution >= 4 is 51.8 Å². The van der Waals surface area contributed by atoms with Gasteiger partial charge in [0.15, 0.2) is 5.17 Å². The summed E-state index contributed by atoms with van der Waals surface area (Å²) in [5, 5.41) is 5.26. The van der Waals surface area contributed by atoms with Gasteiger partial charge in [-0.1, -0.05) is 66.4 Å². The van der Waals surface area contributed by atoms with Crippen LogP contribution in [-0.4, -0.2) is 33.9 Å². The smallest absolute Gasteiger partial charge is 0.252 e. The minimum absolute atomic E-state index is 0.181. The van der Waals surface area contributed by atoms with Gasteiger partial charge in [0.05, 0.1) is 12.1 Å². The number of pyridine rings is 1. The molecular formula is C31H26FN5O3S. The fraction of sp³-hybridized carbons (Fsp3) is 0.129. The lowest BCUT2D eigenvalue weighted by atomic mass is 10.1. The lowest BCUT2D eigenvalue weighted by Gasteiger charge is -2.16. The average molecular weight is 568 g/mol. The summed E-state index contributed by atoms with van der Waals surface area (Å²) in [6.07, 6.45) is 1.77. The van der Waals surface area contributed by atoms with E-state index in [0.29, 0.717) is 27.9 Å². The van der Waals surface area contributed by atoms with E-state index < -0.39 is 17.1 Å². The largest absolute Gasteiger partial charge is 0.344 e. The standard InChI is InChI=1S/C31H26FN5O3S/c1-20(34-27(38)18-21-8-3-2-4-9-21)29(39)35-24-15-13-22(14-16-24)28-30(40)37(26-12-5-6-17-33-26)31(41-28)36-25-11-7-10-23(32)19-25/h2-17,19-20,28H,18H2,1H3,(H,34,38)(H,35,39)/t20-,28?/m1/s1. The number of carbonyl (C=O) groups excluding carboxylic acids is 3. The van der Waals surface area contributed by atoms with Crippen LogP contribution in [0.25, 0.3) is 0 Å². The first kappa shape index (κ1) is 27.7. The molecule has 1 aliphatic heterocycles. The van der Waals surface area contributed by atoms with Crippen LogP contribution in [0.5, 0.6) is 0 Å². The van der Waals surface area contributed by atoms with E-state index in [0.717, 1.165) is 5.56 Å². The van der Waals surface area contributed by atoms with Crippen LogP contribution in [0.4, 0.5) is 21.6 Å². The van der Waals surface area contributed by atoms with Gasteiger partial charge in [-0.25, -0.2) is 19.3 Å². The molecule has 206 valence electrons. The van der Waals surface area contributed by atoms with Gasteiger partial charge in [0, 0.05) is 11.9 Å². The molecule has 1 fully saturated rings. The van der Waals surface area contributed by atoms with E-state index in [2.05, 4.69) is 20.6 Å². The van der Waals surface area contributed by atoms with E-state index >= 15 is 0 Å². The SMILES string of the molecule is C[C@@H](NC(=O)Cc1ccccc1)C(=O)Nc1ccc(C2SC(=Nc3cccc(F)c3)N(c3ccccn3)C2=O)cc1. The molecule has 0 spiro atoms. The number of aliphatic imine (C=N–C) groups is 1. The summed E-state index contributed by atoms with van der Waals surface area (Å²) in [4.78, 5) is 48.9. The van der Waals surface area contributed by atoms with Crippen LogP contribution in [0.3, 0.4) is 0 Å². The van der Waals surface area contributed by atoms with Gasteiger partial charge >= 0.3 is 0 Å².